The Morgan fingerprint density at radius 2 is 1.82 bits per heavy atom. The van der Waals surface area contributed by atoms with Gasteiger partial charge in [-0.3, -0.25) is 19.2 Å². The molecule has 34 heavy (non-hydrogen) atoms. The lowest BCUT2D eigenvalue weighted by molar-refractivity contribution is -0.384. The summed E-state index contributed by atoms with van der Waals surface area (Å²) in [6.45, 7) is 5.33. The standard InChI is InChI=1S/C23H25N5O5S/c1-16-8-10-20(11-9-16)27-17(2)12-19(18(27)3)14-24-25-23(29)15-26(34(4,32)33)21-6-5-7-22(13-21)28(30)31/h5-14H,15H2,1-4H3,(H,25,29)/b24-14-. The number of sulfonamides is 1. The Labute approximate surface area is 197 Å². The number of benzene rings is 2. The maximum Gasteiger partial charge on any atom is 0.271 e. The molecule has 0 radical (unpaired) electrons. The minimum Gasteiger partial charge on any atom is -0.318 e. The van der Waals surface area contributed by atoms with Crippen LogP contribution in [0.15, 0.2) is 59.7 Å². The monoisotopic (exact) mass is 483 g/mol. The van der Waals surface area contributed by atoms with Crippen LogP contribution < -0.4 is 9.73 Å². The van der Waals surface area contributed by atoms with Crippen molar-refractivity contribution in [1.82, 2.24) is 9.99 Å². The molecule has 10 nitrogen and oxygen atoms in total. The summed E-state index contributed by atoms with van der Waals surface area (Å²) in [5, 5.41) is 15.0. The van der Waals surface area contributed by atoms with Gasteiger partial charge in [-0.25, -0.2) is 13.8 Å². The molecule has 1 aromatic heterocycles. The van der Waals surface area contributed by atoms with E-state index in [1.807, 2.05) is 51.1 Å². The van der Waals surface area contributed by atoms with Gasteiger partial charge < -0.3 is 4.57 Å². The average molecular weight is 484 g/mol. The molecular formula is C23H25N5O5S. The molecule has 3 rings (SSSR count). The molecule has 1 N–H and O–H groups in total. The number of carbonyl (C=O) groups excluding carboxylic acids is 1. The molecule has 0 bridgehead atoms. The van der Waals surface area contributed by atoms with Gasteiger partial charge in [-0.2, -0.15) is 5.10 Å². The van der Waals surface area contributed by atoms with E-state index in [9.17, 15) is 23.3 Å². The highest BCUT2D eigenvalue weighted by molar-refractivity contribution is 7.92. The molecular weight excluding hydrogens is 458 g/mol. The molecule has 0 saturated heterocycles. The van der Waals surface area contributed by atoms with Crippen LogP contribution in [0.3, 0.4) is 0 Å². The highest BCUT2D eigenvalue weighted by Crippen LogP contribution is 2.23. The first-order valence-electron chi connectivity index (χ1n) is 10.3. The third-order valence-electron chi connectivity index (χ3n) is 5.17. The van der Waals surface area contributed by atoms with Crippen molar-refractivity contribution >= 4 is 33.5 Å². The summed E-state index contributed by atoms with van der Waals surface area (Å²) in [7, 11) is -3.88. The van der Waals surface area contributed by atoms with Crippen molar-refractivity contribution in [3.8, 4) is 5.69 Å². The van der Waals surface area contributed by atoms with Crippen molar-refractivity contribution in [2.45, 2.75) is 20.8 Å². The topological polar surface area (TPSA) is 127 Å². The predicted octanol–water partition coefficient (Wildman–Crippen LogP) is 3.23. The number of non-ortho nitro benzene ring substituents is 1. The van der Waals surface area contributed by atoms with E-state index in [1.54, 1.807) is 0 Å². The van der Waals surface area contributed by atoms with Gasteiger partial charge in [-0.1, -0.05) is 23.8 Å². The molecule has 0 fully saturated rings. The molecule has 11 heteroatoms. The molecule has 2 aromatic carbocycles. The van der Waals surface area contributed by atoms with Crippen molar-refractivity contribution in [2.75, 3.05) is 17.1 Å². The third kappa shape index (κ3) is 5.67. The Morgan fingerprint density at radius 1 is 1.15 bits per heavy atom. The summed E-state index contributed by atoms with van der Waals surface area (Å²) in [6.07, 6.45) is 2.41. The summed E-state index contributed by atoms with van der Waals surface area (Å²) in [6, 6.07) is 15.1. The lowest BCUT2D eigenvalue weighted by Crippen LogP contribution is -2.39. The number of hydrogen-bond donors (Lipinski definition) is 1. The lowest BCUT2D eigenvalue weighted by Gasteiger charge is -2.21. The van der Waals surface area contributed by atoms with E-state index >= 15 is 0 Å². The molecule has 178 valence electrons. The van der Waals surface area contributed by atoms with Crippen LogP contribution in [0.4, 0.5) is 11.4 Å². The fraction of sp³-hybridized carbons (Fsp3) is 0.217. The first-order chi connectivity index (χ1) is 16.0. The van der Waals surface area contributed by atoms with Crippen molar-refractivity contribution in [1.29, 1.82) is 0 Å². The summed E-state index contributed by atoms with van der Waals surface area (Å²) >= 11 is 0. The highest BCUT2D eigenvalue weighted by Gasteiger charge is 2.22. The minimum absolute atomic E-state index is 0.0115. The van der Waals surface area contributed by atoms with Gasteiger partial charge >= 0.3 is 0 Å². The number of nitrogens with one attached hydrogen (secondary N) is 1. The first kappa shape index (κ1) is 24.6. The number of anilines is 1. The number of hydrazone groups is 1. The van der Waals surface area contributed by atoms with E-state index in [4.69, 9.17) is 0 Å². The van der Waals surface area contributed by atoms with Crippen LogP contribution >= 0.6 is 0 Å². The molecule has 3 aromatic rings. The van der Waals surface area contributed by atoms with Gasteiger partial charge in [0.05, 0.1) is 23.1 Å². The summed E-state index contributed by atoms with van der Waals surface area (Å²) < 4.78 is 27.3. The van der Waals surface area contributed by atoms with Crippen LogP contribution in [0.1, 0.15) is 22.5 Å². The number of hydrogen-bond acceptors (Lipinski definition) is 6. The smallest absolute Gasteiger partial charge is 0.271 e. The van der Waals surface area contributed by atoms with Gasteiger partial charge in [0.15, 0.2) is 0 Å². The van der Waals surface area contributed by atoms with Gasteiger partial charge in [-0.15, -0.1) is 0 Å². The van der Waals surface area contributed by atoms with Crippen molar-refractivity contribution in [3.05, 3.63) is 87.2 Å². The second-order valence-corrected chi connectivity index (χ2v) is 9.74. The molecule has 0 aliphatic heterocycles. The second kappa shape index (κ2) is 9.87. The van der Waals surface area contributed by atoms with Crippen LogP contribution in [0.5, 0.6) is 0 Å². The van der Waals surface area contributed by atoms with Gasteiger partial charge in [0.2, 0.25) is 10.0 Å². The van der Waals surface area contributed by atoms with Gasteiger partial charge in [-0.05, 0) is 45.0 Å². The van der Waals surface area contributed by atoms with Crippen molar-refractivity contribution in [2.24, 2.45) is 5.10 Å². The third-order valence-corrected chi connectivity index (χ3v) is 6.31. The van der Waals surface area contributed by atoms with Gasteiger partial charge in [0.25, 0.3) is 11.6 Å². The predicted molar refractivity (Wildman–Crippen MR) is 131 cm³/mol. The number of amides is 1. The van der Waals surface area contributed by atoms with E-state index in [0.717, 1.165) is 44.8 Å². The van der Waals surface area contributed by atoms with E-state index in [0.29, 0.717) is 0 Å². The molecule has 0 aliphatic rings. The molecule has 0 aliphatic carbocycles. The van der Waals surface area contributed by atoms with E-state index in [1.165, 1.54) is 24.4 Å². The maximum absolute atomic E-state index is 12.4. The number of rotatable bonds is 8. The molecule has 0 unspecified atom stereocenters. The van der Waals surface area contributed by atoms with Crippen LogP contribution in [-0.2, 0) is 14.8 Å². The number of nitro benzene ring substituents is 1. The quantitative estimate of drug-likeness (QED) is 0.299. The Hall–Kier alpha value is -3.99. The number of aryl methyl sites for hydroxylation is 2. The normalized spacial score (nSPS) is 11.5. The Kier molecular flexibility index (Phi) is 7.16. The lowest BCUT2D eigenvalue weighted by atomic mass is 10.2. The fourth-order valence-electron chi connectivity index (χ4n) is 3.51. The molecule has 1 amide bonds. The Morgan fingerprint density at radius 3 is 2.44 bits per heavy atom. The number of nitrogens with zero attached hydrogens (tertiary/aromatic N) is 4. The Bertz CT molecular complexity index is 1360. The number of nitro groups is 1. The minimum atomic E-state index is -3.88. The Balaban J connectivity index is 1.75. The highest BCUT2D eigenvalue weighted by atomic mass is 32.2. The summed E-state index contributed by atoms with van der Waals surface area (Å²) in [5.41, 5.74) is 6.92. The summed E-state index contributed by atoms with van der Waals surface area (Å²) in [5.74, 6) is -0.694. The van der Waals surface area contributed by atoms with Crippen LogP contribution in [-0.4, -0.2) is 42.8 Å². The maximum atomic E-state index is 12.4. The largest absolute Gasteiger partial charge is 0.318 e. The zero-order chi connectivity index (χ0) is 25.0. The van der Waals surface area contributed by atoms with Crippen molar-refractivity contribution < 1.29 is 18.1 Å². The first-order valence-corrected chi connectivity index (χ1v) is 12.1. The van der Waals surface area contributed by atoms with E-state index < -0.39 is 27.4 Å². The SMILES string of the molecule is Cc1ccc(-n2c(C)cc(/C=N\NC(=O)CN(c3cccc([N+](=O)[O-])c3)S(C)(=O)=O)c2C)cc1. The fourth-order valence-corrected chi connectivity index (χ4v) is 4.36. The summed E-state index contributed by atoms with van der Waals surface area (Å²) in [4.78, 5) is 22.8. The average Bonchev–Trinajstić information content (AvgIpc) is 3.05. The van der Waals surface area contributed by atoms with E-state index in [2.05, 4.69) is 15.1 Å². The van der Waals surface area contributed by atoms with Gasteiger partial charge in [0, 0.05) is 34.8 Å². The molecule has 0 atom stereocenters. The van der Waals surface area contributed by atoms with Crippen molar-refractivity contribution in [3.63, 3.8) is 0 Å². The molecule has 1 heterocycles. The van der Waals surface area contributed by atoms with Crippen LogP contribution in [0, 0.1) is 30.9 Å². The molecule has 0 spiro atoms. The van der Waals surface area contributed by atoms with E-state index in [-0.39, 0.29) is 11.4 Å². The van der Waals surface area contributed by atoms with Crippen LogP contribution in [0.2, 0.25) is 0 Å². The van der Waals surface area contributed by atoms with Gasteiger partial charge in [0.1, 0.15) is 6.54 Å². The molecule has 0 saturated carbocycles. The zero-order valence-electron chi connectivity index (χ0n) is 19.2. The number of aromatic nitrogens is 1. The second-order valence-electron chi connectivity index (χ2n) is 7.84. The van der Waals surface area contributed by atoms with Crippen LogP contribution in [0.25, 0.3) is 5.69 Å². The number of carbonyl (C=O) groups is 1. The zero-order valence-corrected chi connectivity index (χ0v) is 20.0.